The number of aliphatic hydroxyl groups is 3. The minimum absolute atomic E-state index is 0.321. The van der Waals surface area contributed by atoms with Gasteiger partial charge in [0.15, 0.2) is 0 Å². The minimum Gasteiger partial charge on any atom is -0.394 e. The highest BCUT2D eigenvalue weighted by molar-refractivity contribution is 14.1. The van der Waals surface area contributed by atoms with Crippen LogP contribution in [-0.2, 0) is 4.74 Å². The van der Waals surface area contributed by atoms with Crippen molar-refractivity contribution in [2.24, 2.45) is 0 Å². The van der Waals surface area contributed by atoms with Crippen molar-refractivity contribution in [3.05, 3.63) is 27.6 Å². The predicted molar refractivity (Wildman–Crippen MR) is 63.7 cm³/mol. The molecule has 0 aromatic carbocycles. The summed E-state index contributed by atoms with van der Waals surface area (Å²) in [5, 5.41) is 28.3. The Morgan fingerprint density at radius 1 is 1.38 bits per heavy atom. The molecule has 1 fully saturated rings. The molecule has 1 aliphatic heterocycles. The Labute approximate surface area is 106 Å². The molecule has 1 aromatic heterocycles. The van der Waals surface area contributed by atoms with Crippen LogP contribution in [0.5, 0.6) is 0 Å². The van der Waals surface area contributed by atoms with E-state index in [0.717, 1.165) is 3.57 Å². The summed E-state index contributed by atoms with van der Waals surface area (Å²) >= 11 is 2.13. The monoisotopic (exact) mass is 337 g/mol. The highest BCUT2D eigenvalue weighted by Crippen LogP contribution is 2.32. The summed E-state index contributed by atoms with van der Waals surface area (Å²) in [4.78, 5) is 4.09. The van der Waals surface area contributed by atoms with E-state index in [1.54, 1.807) is 12.3 Å². The Balaban J connectivity index is 2.23. The van der Waals surface area contributed by atoms with Crippen LogP contribution in [0.4, 0.5) is 0 Å². The average Bonchev–Trinajstić information content (AvgIpc) is 2.56. The van der Waals surface area contributed by atoms with Gasteiger partial charge in [0.25, 0.3) is 0 Å². The molecule has 16 heavy (non-hydrogen) atoms. The molecule has 0 spiro atoms. The molecule has 6 heteroatoms. The summed E-state index contributed by atoms with van der Waals surface area (Å²) in [6.07, 6.45) is -1.94. The van der Waals surface area contributed by atoms with Crippen molar-refractivity contribution >= 4 is 22.6 Å². The molecule has 2 rings (SSSR count). The van der Waals surface area contributed by atoms with Gasteiger partial charge in [-0.15, -0.1) is 0 Å². The number of pyridine rings is 1. The van der Waals surface area contributed by atoms with E-state index in [2.05, 4.69) is 27.6 Å². The van der Waals surface area contributed by atoms with E-state index in [0.29, 0.717) is 5.69 Å². The van der Waals surface area contributed by atoms with Crippen LogP contribution in [0.3, 0.4) is 0 Å². The van der Waals surface area contributed by atoms with Crippen molar-refractivity contribution in [2.75, 3.05) is 6.61 Å². The first-order valence-corrected chi connectivity index (χ1v) is 5.95. The topological polar surface area (TPSA) is 82.8 Å². The van der Waals surface area contributed by atoms with Gasteiger partial charge in [-0.3, -0.25) is 4.98 Å². The molecule has 0 unspecified atom stereocenters. The fourth-order valence-corrected chi connectivity index (χ4v) is 2.20. The van der Waals surface area contributed by atoms with Gasteiger partial charge in [-0.1, -0.05) is 0 Å². The van der Waals surface area contributed by atoms with Gasteiger partial charge in [0.1, 0.15) is 24.4 Å². The number of nitrogens with zero attached hydrogens (tertiary/aromatic N) is 1. The fraction of sp³-hybridized carbons (Fsp3) is 0.500. The van der Waals surface area contributed by atoms with Crippen LogP contribution < -0.4 is 0 Å². The van der Waals surface area contributed by atoms with Crippen molar-refractivity contribution in [1.82, 2.24) is 4.98 Å². The second-order valence-electron chi connectivity index (χ2n) is 3.66. The zero-order chi connectivity index (χ0) is 11.7. The molecular weight excluding hydrogens is 325 g/mol. The Morgan fingerprint density at radius 2 is 2.12 bits per heavy atom. The summed E-state index contributed by atoms with van der Waals surface area (Å²) < 4.78 is 6.33. The maximum Gasteiger partial charge on any atom is 0.128 e. The first-order chi connectivity index (χ1) is 7.63. The molecule has 0 amide bonds. The van der Waals surface area contributed by atoms with Gasteiger partial charge < -0.3 is 20.1 Å². The van der Waals surface area contributed by atoms with Crippen LogP contribution in [0.2, 0.25) is 0 Å². The van der Waals surface area contributed by atoms with Crippen LogP contribution in [0.25, 0.3) is 0 Å². The van der Waals surface area contributed by atoms with Gasteiger partial charge >= 0.3 is 0 Å². The predicted octanol–water partition coefficient (Wildman–Crippen LogP) is -0.160. The Bertz CT molecular complexity index is 376. The lowest BCUT2D eigenvalue weighted by Gasteiger charge is -2.13. The van der Waals surface area contributed by atoms with E-state index in [-0.39, 0.29) is 6.61 Å². The van der Waals surface area contributed by atoms with Crippen molar-refractivity contribution in [3.63, 3.8) is 0 Å². The number of halogens is 1. The number of hydrogen-bond acceptors (Lipinski definition) is 5. The van der Waals surface area contributed by atoms with Crippen LogP contribution in [0.1, 0.15) is 11.8 Å². The third-order valence-corrected chi connectivity index (χ3v) is 3.25. The molecule has 1 aromatic rings. The third kappa shape index (κ3) is 2.21. The van der Waals surface area contributed by atoms with E-state index in [1.165, 1.54) is 0 Å². The van der Waals surface area contributed by atoms with Gasteiger partial charge in [0.2, 0.25) is 0 Å². The van der Waals surface area contributed by atoms with Crippen molar-refractivity contribution < 1.29 is 20.1 Å². The summed E-state index contributed by atoms with van der Waals surface area (Å²) in [6, 6.07) is 3.60. The van der Waals surface area contributed by atoms with Crippen molar-refractivity contribution in [1.29, 1.82) is 0 Å². The lowest BCUT2D eigenvalue weighted by molar-refractivity contribution is -0.0239. The summed E-state index contributed by atoms with van der Waals surface area (Å²) in [5.74, 6) is 0. The molecule has 4 atom stereocenters. The van der Waals surface area contributed by atoms with Crippen LogP contribution in [0.15, 0.2) is 18.3 Å². The standard InChI is InChI=1S/C10H12INO4/c11-5-1-2-12-6(3-5)10-9(15)8(14)7(4-13)16-10/h1-3,7-10,13-15H,4H2/t7-,8-,9-,10-/m1/s1. The van der Waals surface area contributed by atoms with Gasteiger partial charge in [-0.25, -0.2) is 0 Å². The van der Waals surface area contributed by atoms with E-state index in [4.69, 9.17) is 9.84 Å². The lowest BCUT2D eigenvalue weighted by Crippen LogP contribution is -2.32. The second kappa shape index (κ2) is 4.92. The van der Waals surface area contributed by atoms with Crippen LogP contribution in [0, 0.1) is 3.57 Å². The maximum atomic E-state index is 9.77. The molecule has 5 nitrogen and oxygen atoms in total. The number of rotatable bonds is 2. The number of aromatic nitrogens is 1. The quantitative estimate of drug-likeness (QED) is 0.654. The molecule has 0 saturated carbocycles. The average molecular weight is 337 g/mol. The molecular formula is C10H12INO4. The third-order valence-electron chi connectivity index (χ3n) is 2.58. The van der Waals surface area contributed by atoms with Gasteiger partial charge in [-0.05, 0) is 34.7 Å². The largest absolute Gasteiger partial charge is 0.394 e. The van der Waals surface area contributed by atoms with Crippen molar-refractivity contribution in [2.45, 2.75) is 24.4 Å². The highest BCUT2D eigenvalue weighted by Gasteiger charge is 2.43. The van der Waals surface area contributed by atoms with E-state index in [9.17, 15) is 10.2 Å². The molecule has 3 N–H and O–H groups in total. The van der Waals surface area contributed by atoms with Crippen LogP contribution in [-0.4, -0.2) is 45.2 Å². The number of ether oxygens (including phenoxy) is 1. The smallest absolute Gasteiger partial charge is 0.128 e. The molecule has 88 valence electrons. The Kier molecular flexibility index (Phi) is 3.75. The normalized spacial score (nSPS) is 34.2. The summed E-state index contributed by atoms with van der Waals surface area (Å²) in [6.45, 7) is -0.321. The first kappa shape index (κ1) is 12.2. The molecule has 0 bridgehead atoms. The van der Waals surface area contributed by atoms with Gasteiger partial charge in [0, 0.05) is 9.77 Å². The van der Waals surface area contributed by atoms with Crippen molar-refractivity contribution in [3.8, 4) is 0 Å². The first-order valence-electron chi connectivity index (χ1n) is 4.87. The van der Waals surface area contributed by atoms with Gasteiger partial charge in [-0.2, -0.15) is 0 Å². The molecule has 0 aliphatic carbocycles. The Hall–Kier alpha value is -0.280. The highest BCUT2D eigenvalue weighted by atomic mass is 127. The second-order valence-corrected chi connectivity index (χ2v) is 4.90. The molecule has 0 radical (unpaired) electrons. The zero-order valence-electron chi connectivity index (χ0n) is 8.32. The SMILES string of the molecule is OC[C@H]1O[C@H](c2cc(I)ccn2)[C@H](O)[C@@H]1O. The Morgan fingerprint density at radius 3 is 2.69 bits per heavy atom. The number of aliphatic hydroxyl groups excluding tert-OH is 3. The maximum absolute atomic E-state index is 9.77. The van der Waals surface area contributed by atoms with E-state index < -0.39 is 24.4 Å². The fourth-order valence-electron chi connectivity index (χ4n) is 1.72. The summed E-state index contributed by atoms with van der Waals surface area (Å²) in [5.41, 5.74) is 0.564. The zero-order valence-corrected chi connectivity index (χ0v) is 10.5. The van der Waals surface area contributed by atoms with E-state index in [1.807, 2.05) is 6.07 Å². The lowest BCUT2D eigenvalue weighted by atomic mass is 10.1. The molecule has 1 aliphatic rings. The minimum atomic E-state index is -1.07. The molecule has 1 saturated heterocycles. The number of hydrogen-bond donors (Lipinski definition) is 3. The van der Waals surface area contributed by atoms with E-state index >= 15 is 0 Å². The van der Waals surface area contributed by atoms with Gasteiger partial charge in [0.05, 0.1) is 12.3 Å². The molecule has 2 heterocycles. The summed E-state index contributed by atoms with van der Waals surface area (Å²) in [7, 11) is 0. The van der Waals surface area contributed by atoms with Crippen LogP contribution >= 0.6 is 22.6 Å².